The molecule has 0 saturated heterocycles. The van der Waals surface area contributed by atoms with Crippen LogP contribution >= 0.6 is 0 Å². The van der Waals surface area contributed by atoms with E-state index >= 15 is 0 Å². The van der Waals surface area contributed by atoms with Crippen molar-refractivity contribution in [1.29, 1.82) is 0 Å². The van der Waals surface area contributed by atoms with Crippen molar-refractivity contribution in [2.45, 2.75) is 31.8 Å². The summed E-state index contributed by atoms with van der Waals surface area (Å²) < 4.78 is 5.35. The fraction of sp³-hybridized carbons (Fsp3) is 0.294. The van der Waals surface area contributed by atoms with Crippen LogP contribution in [-0.2, 0) is 9.53 Å². The third kappa shape index (κ3) is 2.57. The first-order valence-electron chi connectivity index (χ1n) is 6.96. The molecule has 1 aliphatic rings. The number of ether oxygens (including phenoxy) is 1. The Morgan fingerprint density at radius 1 is 1.05 bits per heavy atom. The molecule has 2 aromatic carbocycles. The van der Waals surface area contributed by atoms with Crippen molar-refractivity contribution in [3.63, 3.8) is 0 Å². The molecule has 0 unspecified atom stereocenters. The van der Waals surface area contributed by atoms with Gasteiger partial charge in [-0.05, 0) is 42.2 Å². The summed E-state index contributed by atoms with van der Waals surface area (Å²) >= 11 is 0. The van der Waals surface area contributed by atoms with Gasteiger partial charge in [0.15, 0.2) is 11.9 Å². The normalized spacial score (nSPS) is 19.0. The van der Waals surface area contributed by atoms with Gasteiger partial charge < -0.3 is 4.74 Å². The summed E-state index contributed by atoms with van der Waals surface area (Å²) in [4.78, 5) is 23.8. The number of Topliss-reactive ketones (excluding diaryl/α,β-unsaturated/α-hetero) is 1. The van der Waals surface area contributed by atoms with Gasteiger partial charge in [-0.25, -0.2) is 4.79 Å². The minimum atomic E-state index is -0.553. The molecular formula is C17H16O3. The average molecular weight is 268 g/mol. The molecule has 2 aromatic rings. The molecule has 0 radical (unpaired) electrons. The van der Waals surface area contributed by atoms with Crippen LogP contribution < -0.4 is 0 Å². The second-order valence-corrected chi connectivity index (χ2v) is 5.17. The Morgan fingerprint density at radius 3 is 2.65 bits per heavy atom. The van der Waals surface area contributed by atoms with Gasteiger partial charge in [0.05, 0.1) is 5.56 Å². The van der Waals surface area contributed by atoms with Crippen LogP contribution in [0.15, 0.2) is 42.5 Å². The lowest BCUT2D eigenvalue weighted by molar-refractivity contribution is -0.129. The summed E-state index contributed by atoms with van der Waals surface area (Å²) in [5.74, 6) is -0.360. The van der Waals surface area contributed by atoms with Crippen LogP contribution in [-0.4, -0.2) is 17.9 Å². The van der Waals surface area contributed by atoms with E-state index in [1.807, 2.05) is 36.4 Å². The van der Waals surface area contributed by atoms with Gasteiger partial charge in [-0.1, -0.05) is 30.3 Å². The van der Waals surface area contributed by atoms with Crippen molar-refractivity contribution in [2.24, 2.45) is 0 Å². The number of fused-ring (bicyclic) bond motifs is 1. The molecule has 0 amide bonds. The molecule has 0 bridgehead atoms. The summed E-state index contributed by atoms with van der Waals surface area (Å²) in [6, 6.07) is 13.3. The third-order valence-electron chi connectivity index (χ3n) is 3.73. The molecule has 1 atom stereocenters. The molecule has 0 aromatic heterocycles. The zero-order valence-corrected chi connectivity index (χ0v) is 11.2. The largest absolute Gasteiger partial charge is 0.451 e. The van der Waals surface area contributed by atoms with E-state index in [2.05, 4.69) is 0 Å². The number of carbonyl (C=O) groups excluding carboxylic acids is 2. The van der Waals surface area contributed by atoms with Gasteiger partial charge >= 0.3 is 5.97 Å². The molecule has 0 aliphatic heterocycles. The Labute approximate surface area is 117 Å². The lowest BCUT2D eigenvalue weighted by atomic mass is 9.96. The zero-order valence-electron chi connectivity index (χ0n) is 11.2. The SMILES string of the molecule is O=C(O[C@H]1CCCCC1=O)c1ccc2ccccc2c1. The minimum Gasteiger partial charge on any atom is -0.451 e. The Morgan fingerprint density at radius 2 is 1.85 bits per heavy atom. The number of esters is 1. The molecule has 0 heterocycles. The Hall–Kier alpha value is -2.16. The van der Waals surface area contributed by atoms with Crippen LogP contribution in [0.4, 0.5) is 0 Å². The standard InChI is InChI=1S/C17H16O3/c18-15-7-3-4-8-16(15)20-17(19)14-10-9-12-5-1-2-6-13(12)11-14/h1-2,5-6,9-11,16H,3-4,7-8H2/t16-/m0/s1. The van der Waals surface area contributed by atoms with Gasteiger partial charge in [-0.2, -0.15) is 0 Å². The van der Waals surface area contributed by atoms with Crippen LogP contribution in [0.5, 0.6) is 0 Å². The Kier molecular flexibility index (Phi) is 3.50. The van der Waals surface area contributed by atoms with Gasteiger partial charge in [0.2, 0.25) is 0 Å². The maximum Gasteiger partial charge on any atom is 0.338 e. The van der Waals surface area contributed by atoms with Crippen molar-refractivity contribution in [1.82, 2.24) is 0 Å². The first kappa shape index (κ1) is 12.9. The second kappa shape index (κ2) is 5.45. The topological polar surface area (TPSA) is 43.4 Å². The van der Waals surface area contributed by atoms with Crippen molar-refractivity contribution in [3.8, 4) is 0 Å². The fourth-order valence-electron chi connectivity index (χ4n) is 2.59. The fourth-order valence-corrected chi connectivity index (χ4v) is 2.59. The average Bonchev–Trinajstić information content (AvgIpc) is 2.49. The monoisotopic (exact) mass is 268 g/mol. The van der Waals surface area contributed by atoms with Gasteiger partial charge in [0.25, 0.3) is 0 Å². The molecule has 20 heavy (non-hydrogen) atoms. The van der Waals surface area contributed by atoms with Crippen molar-refractivity contribution >= 4 is 22.5 Å². The van der Waals surface area contributed by atoms with E-state index < -0.39 is 12.1 Å². The van der Waals surface area contributed by atoms with E-state index in [1.165, 1.54) is 0 Å². The summed E-state index contributed by atoms with van der Waals surface area (Å²) in [5.41, 5.74) is 0.502. The van der Waals surface area contributed by atoms with Crippen LogP contribution in [0.3, 0.4) is 0 Å². The lowest BCUT2D eigenvalue weighted by Gasteiger charge is -2.20. The Balaban J connectivity index is 1.79. The van der Waals surface area contributed by atoms with Crippen LogP contribution in [0.25, 0.3) is 10.8 Å². The highest BCUT2D eigenvalue weighted by Gasteiger charge is 2.26. The van der Waals surface area contributed by atoms with Crippen LogP contribution in [0, 0.1) is 0 Å². The zero-order chi connectivity index (χ0) is 13.9. The quantitative estimate of drug-likeness (QED) is 0.783. The van der Waals surface area contributed by atoms with Crippen molar-refractivity contribution < 1.29 is 14.3 Å². The predicted octanol–water partition coefficient (Wildman–Crippen LogP) is 3.51. The van der Waals surface area contributed by atoms with Gasteiger partial charge in [0, 0.05) is 6.42 Å². The molecule has 3 rings (SSSR count). The Bertz CT molecular complexity index is 660. The summed E-state index contributed by atoms with van der Waals surface area (Å²) in [6.45, 7) is 0. The molecule has 1 aliphatic carbocycles. The minimum absolute atomic E-state index is 0.0467. The molecule has 102 valence electrons. The molecule has 0 N–H and O–H groups in total. The summed E-state index contributed by atoms with van der Waals surface area (Å²) in [7, 11) is 0. The van der Waals surface area contributed by atoms with Crippen LogP contribution in [0.1, 0.15) is 36.0 Å². The van der Waals surface area contributed by atoms with E-state index in [4.69, 9.17) is 4.74 Å². The maximum absolute atomic E-state index is 12.1. The number of benzene rings is 2. The van der Waals surface area contributed by atoms with E-state index in [9.17, 15) is 9.59 Å². The molecule has 1 fully saturated rings. The van der Waals surface area contributed by atoms with Crippen LogP contribution in [0.2, 0.25) is 0 Å². The van der Waals surface area contributed by atoms with E-state index in [0.717, 1.165) is 23.6 Å². The molecule has 3 heteroatoms. The maximum atomic E-state index is 12.1. The summed E-state index contributed by atoms with van der Waals surface area (Å²) in [6.07, 6.45) is 2.47. The highest BCUT2D eigenvalue weighted by atomic mass is 16.5. The van der Waals surface area contributed by atoms with E-state index in [0.29, 0.717) is 18.4 Å². The highest BCUT2D eigenvalue weighted by molar-refractivity contribution is 5.97. The molecule has 1 saturated carbocycles. The number of hydrogen-bond acceptors (Lipinski definition) is 3. The molecular weight excluding hydrogens is 252 g/mol. The van der Waals surface area contributed by atoms with Crippen molar-refractivity contribution in [3.05, 3.63) is 48.0 Å². The highest BCUT2D eigenvalue weighted by Crippen LogP contribution is 2.20. The number of rotatable bonds is 2. The first-order chi connectivity index (χ1) is 9.74. The number of ketones is 1. The molecule has 0 spiro atoms. The van der Waals surface area contributed by atoms with Gasteiger partial charge in [0.1, 0.15) is 0 Å². The van der Waals surface area contributed by atoms with Gasteiger partial charge in [-0.15, -0.1) is 0 Å². The predicted molar refractivity (Wildman–Crippen MR) is 76.6 cm³/mol. The summed E-state index contributed by atoms with van der Waals surface area (Å²) in [5, 5.41) is 2.08. The number of carbonyl (C=O) groups is 2. The van der Waals surface area contributed by atoms with Gasteiger partial charge in [-0.3, -0.25) is 4.79 Å². The first-order valence-corrected chi connectivity index (χ1v) is 6.96. The second-order valence-electron chi connectivity index (χ2n) is 5.17. The van der Waals surface area contributed by atoms with E-state index in [1.54, 1.807) is 6.07 Å². The third-order valence-corrected chi connectivity index (χ3v) is 3.73. The molecule has 3 nitrogen and oxygen atoms in total. The van der Waals surface area contributed by atoms with E-state index in [-0.39, 0.29) is 5.78 Å². The van der Waals surface area contributed by atoms with Crippen molar-refractivity contribution in [2.75, 3.05) is 0 Å². The smallest absolute Gasteiger partial charge is 0.338 e. The number of hydrogen-bond donors (Lipinski definition) is 0. The lowest BCUT2D eigenvalue weighted by Crippen LogP contribution is -2.30.